The van der Waals surface area contributed by atoms with Gasteiger partial charge in [0, 0.05) is 29.4 Å². The lowest BCUT2D eigenvalue weighted by Crippen LogP contribution is -2.15. The third kappa shape index (κ3) is 2.87. The molecule has 1 saturated carbocycles. The average Bonchev–Trinajstić information content (AvgIpc) is 3.01. The zero-order chi connectivity index (χ0) is 12.5. The van der Waals surface area contributed by atoms with Gasteiger partial charge >= 0.3 is 0 Å². The molecule has 2 heterocycles. The van der Waals surface area contributed by atoms with Crippen molar-refractivity contribution in [3.63, 3.8) is 0 Å². The third-order valence-corrected chi connectivity index (χ3v) is 5.07. The predicted molar refractivity (Wildman–Crippen MR) is 80.2 cm³/mol. The molecule has 1 aliphatic carbocycles. The number of hydrogen-bond donors (Lipinski definition) is 1. The average molecular weight is 325 g/mol. The van der Waals surface area contributed by atoms with Gasteiger partial charge in [0.1, 0.15) is 0 Å². The Morgan fingerprint density at radius 3 is 2.89 bits per heavy atom. The quantitative estimate of drug-likeness (QED) is 0.882. The summed E-state index contributed by atoms with van der Waals surface area (Å²) in [6, 6.07) is 7.33. The number of rotatable bonds is 5. The van der Waals surface area contributed by atoms with Gasteiger partial charge in [0.25, 0.3) is 0 Å². The molecule has 3 rings (SSSR count). The lowest BCUT2D eigenvalue weighted by molar-refractivity contribution is 0.679. The van der Waals surface area contributed by atoms with Crippen molar-refractivity contribution in [1.82, 2.24) is 9.88 Å². The van der Waals surface area contributed by atoms with Crippen LogP contribution in [0.5, 0.6) is 0 Å². The summed E-state index contributed by atoms with van der Waals surface area (Å²) in [6.45, 7) is 4.20. The normalized spacial score (nSPS) is 15.2. The Labute approximate surface area is 120 Å². The second-order valence-corrected chi connectivity index (χ2v) is 7.46. The molecule has 18 heavy (non-hydrogen) atoms. The number of nitrogens with zero attached hydrogens (tertiary/aromatic N) is 1. The largest absolute Gasteiger partial charge is 0.346 e. The fraction of sp³-hybridized carbons (Fsp3) is 0.429. The van der Waals surface area contributed by atoms with E-state index in [0.717, 1.165) is 19.1 Å². The highest BCUT2D eigenvalue weighted by Gasteiger charge is 2.20. The van der Waals surface area contributed by atoms with Gasteiger partial charge in [-0.25, -0.2) is 0 Å². The summed E-state index contributed by atoms with van der Waals surface area (Å²) in [6.07, 6.45) is 4.90. The number of hydrogen-bond acceptors (Lipinski definition) is 2. The van der Waals surface area contributed by atoms with Crippen LogP contribution < -0.4 is 5.32 Å². The summed E-state index contributed by atoms with van der Waals surface area (Å²) in [5.74, 6) is 0. The summed E-state index contributed by atoms with van der Waals surface area (Å²) in [4.78, 5) is 1.39. The molecule has 1 fully saturated rings. The van der Waals surface area contributed by atoms with Gasteiger partial charge in [-0.3, -0.25) is 0 Å². The third-order valence-electron chi connectivity index (χ3n) is 3.46. The van der Waals surface area contributed by atoms with Crippen molar-refractivity contribution in [2.75, 3.05) is 0 Å². The highest BCUT2D eigenvalue weighted by molar-refractivity contribution is 9.11. The molecule has 0 aliphatic heterocycles. The van der Waals surface area contributed by atoms with Crippen LogP contribution in [-0.2, 0) is 13.1 Å². The first-order valence-electron chi connectivity index (χ1n) is 6.34. The van der Waals surface area contributed by atoms with E-state index in [-0.39, 0.29) is 0 Å². The summed E-state index contributed by atoms with van der Waals surface area (Å²) in [5.41, 5.74) is 2.81. The van der Waals surface area contributed by atoms with Crippen molar-refractivity contribution in [3.8, 4) is 0 Å². The topological polar surface area (TPSA) is 17.0 Å². The van der Waals surface area contributed by atoms with Crippen LogP contribution in [0, 0.1) is 6.92 Å². The Kier molecular flexibility index (Phi) is 3.59. The molecule has 0 saturated heterocycles. The van der Waals surface area contributed by atoms with Crippen molar-refractivity contribution >= 4 is 27.3 Å². The molecule has 0 aromatic carbocycles. The van der Waals surface area contributed by atoms with Crippen LogP contribution >= 0.6 is 27.3 Å². The predicted octanol–water partition coefficient (Wildman–Crippen LogP) is 3.92. The van der Waals surface area contributed by atoms with E-state index in [2.05, 4.69) is 57.1 Å². The van der Waals surface area contributed by atoms with Gasteiger partial charge in [0.2, 0.25) is 0 Å². The minimum atomic E-state index is 0.779. The van der Waals surface area contributed by atoms with E-state index in [4.69, 9.17) is 0 Å². The minimum absolute atomic E-state index is 0.779. The molecule has 0 unspecified atom stereocenters. The van der Waals surface area contributed by atoms with Crippen molar-refractivity contribution in [2.45, 2.75) is 38.9 Å². The molecule has 1 N–H and O–H groups in total. The Morgan fingerprint density at radius 1 is 1.39 bits per heavy atom. The molecule has 2 aromatic rings. The van der Waals surface area contributed by atoms with Crippen molar-refractivity contribution in [1.29, 1.82) is 0 Å². The van der Waals surface area contributed by atoms with E-state index in [0.29, 0.717) is 0 Å². The van der Waals surface area contributed by atoms with Crippen LogP contribution in [0.3, 0.4) is 0 Å². The second kappa shape index (κ2) is 5.19. The number of aromatic nitrogens is 1. The van der Waals surface area contributed by atoms with Gasteiger partial charge in [0.15, 0.2) is 0 Å². The Bertz CT molecular complexity index is 540. The Hall–Kier alpha value is -0.580. The maximum atomic E-state index is 3.58. The lowest BCUT2D eigenvalue weighted by atomic mass is 10.2. The summed E-state index contributed by atoms with van der Waals surface area (Å²) < 4.78 is 3.54. The standard InChI is InChI=1S/C14H17BrN2S/c1-10-11(8-16-12-2-3-12)6-7-17(10)9-13-4-5-14(15)18-13/h4-7,12,16H,2-3,8-9H2,1H3. The molecule has 0 atom stereocenters. The van der Waals surface area contributed by atoms with Crippen molar-refractivity contribution < 1.29 is 0 Å². The zero-order valence-corrected chi connectivity index (χ0v) is 12.9. The van der Waals surface area contributed by atoms with Crippen LogP contribution in [0.2, 0.25) is 0 Å². The molecule has 1 aliphatic rings. The molecule has 0 bridgehead atoms. The van der Waals surface area contributed by atoms with Gasteiger partial charge in [-0.2, -0.15) is 0 Å². The first kappa shape index (κ1) is 12.5. The molecule has 0 spiro atoms. The maximum Gasteiger partial charge on any atom is 0.0702 e. The van der Waals surface area contributed by atoms with Gasteiger partial charge in [-0.15, -0.1) is 11.3 Å². The van der Waals surface area contributed by atoms with Crippen LogP contribution in [-0.4, -0.2) is 10.6 Å². The van der Waals surface area contributed by atoms with E-state index in [1.54, 1.807) is 0 Å². The van der Waals surface area contributed by atoms with Gasteiger partial charge in [-0.05, 0) is 59.5 Å². The van der Waals surface area contributed by atoms with Crippen LogP contribution in [0.25, 0.3) is 0 Å². The highest BCUT2D eigenvalue weighted by Crippen LogP contribution is 2.24. The molecule has 2 nitrogen and oxygen atoms in total. The van der Waals surface area contributed by atoms with E-state index in [9.17, 15) is 0 Å². The maximum absolute atomic E-state index is 3.58. The van der Waals surface area contributed by atoms with E-state index in [1.165, 1.54) is 32.8 Å². The summed E-state index contributed by atoms with van der Waals surface area (Å²) in [5, 5.41) is 3.58. The van der Waals surface area contributed by atoms with Gasteiger partial charge in [0.05, 0.1) is 10.3 Å². The van der Waals surface area contributed by atoms with Crippen LogP contribution in [0.1, 0.15) is 29.0 Å². The fourth-order valence-corrected chi connectivity index (χ4v) is 3.58. The highest BCUT2D eigenvalue weighted by atomic mass is 79.9. The van der Waals surface area contributed by atoms with Crippen molar-refractivity contribution in [2.24, 2.45) is 0 Å². The Balaban J connectivity index is 1.68. The van der Waals surface area contributed by atoms with Gasteiger partial charge in [-0.1, -0.05) is 0 Å². The first-order chi connectivity index (χ1) is 8.72. The zero-order valence-electron chi connectivity index (χ0n) is 10.4. The number of halogens is 1. The minimum Gasteiger partial charge on any atom is -0.346 e. The first-order valence-corrected chi connectivity index (χ1v) is 7.95. The number of thiophene rings is 1. The van der Waals surface area contributed by atoms with Gasteiger partial charge < -0.3 is 9.88 Å². The van der Waals surface area contributed by atoms with Crippen LogP contribution in [0.4, 0.5) is 0 Å². The van der Waals surface area contributed by atoms with E-state index < -0.39 is 0 Å². The Morgan fingerprint density at radius 2 is 2.22 bits per heavy atom. The lowest BCUT2D eigenvalue weighted by Gasteiger charge is -2.07. The number of nitrogens with one attached hydrogen (secondary N) is 1. The molecule has 0 radical (unpaired) electrons. The molecular formula is C14H17BrN2S. The molecular weight excluding hydrogens is 308 g/mol. The molecule has 0 amide bonds. The van der Waals surface area contributed by atoms with E-state index in [1.807, 2.05) is 11.3 Å². The molecule has 96 valence electrons. The monoisotopic (exact) mass is 324 g/mol. The summed E-state index contributed by atoms with van der Waals surface area (Å²) >= 11 is 5.33. The van der Waals surface area contributed by atoms with E-state index >= 15 is 0 Å². The molecule has 2 aromatic heterocycles. The second-order valence-electron chi connectivity index (χ2n) is 4.92. The van der Waals surface area contributed by atoms with Crippen LogP contribution in [0.15, 0.2) is 28.2 Å². The van der Waals surface area contributed by atoms with Crippen molar-refractivity contribution in [3.05, 3.63) is 44.3 Å². The fourth-order valence-electron chi connectivity index (χ4n) is 2.10. The smallest absolute Gasteiger partial charge is 0.0702 e. The SMILES string of the molecule is Cc1c(CNC2CC2)ccn1Cc1ccc(Br)s1. The summed E-state index contributed by atoms with van der Waals surface area (Å²) in [7, 11) is 0. The molecule has 4 heteroatoms.